The van der Waals surface area contributed by atoms with Crippen LogP contribution in [0.25, 0.3) is 22.3 Å². The van der Waals surface area contributed by atoms with Crippen LogP contribution >= 0.6 is 11.6 Å². The summed E-state index contributed by atoms with van der Waals surface area (Å²) in [5, 5.41) is 9.16. The highest BCUT2D eigenvalue weighted by Gasteiger charge is 2.08. The van der Waals surface area contributed by atoms with Gasteiger partial charge in [0.05, 0.1) is 22.7 Å². The molecule has 3 aromatic rings. The maximum Gasteiger partial charge on any atom is 0.156 e. The maximum absolute atomic E-state index is 8.79. The Hall–Kier alpha value is -2.44. The van der Waals surface area contributed by atoms with Crippen LogP contribution in [0.3, 0.4) is 0 Å². The molecule has 4 heteroatoms. The number of benzene rings is 2. The Bertz CT molecular complexity index is 789. The van der Waals surface area contributed by atoms with Gasteiger partial charge in [0.1, 0.15) is 5.69 Å². The van der Waals surface area contributed by atoms with Gasteiger partial charge in [0.2, 0.25) is 0 Å². The van der Waals surface area contributed by atoms with Crippen LogP contribution < -0.4 is 0 Å². The molecule has 0 saturated heterocycles. The zero-order valence-electron chi connectivity index (χ0n) is 9.84. The van der Waals surface area contributed by atoms with Crippen LogP contribution in [0.2, 0.25) is 5.15 Å². The lowest BCUT2D eigenvalue weighted by molar-refractivity contribution is 1.29. The van der Waals surface area contributed by atoms with E-state index in [2.05, 4.69) is 16.0 Å². The quantitative estimate of drug-likeness (QED) is 0.672. The SMILES string of the molecule is N#Cc1ccc(-c2nc3ccccc3nc2Cl)cc1. The highest BCUT2D eigenvalue weighted by atomic mass is 35.5. The largest absolute Gasteiger partial charge is 0.243 e. The van der Waals surface area contributed by atoms with Crippen LogP contribution in [0.15, 0.2) is 48.5 Å². The third-order valence-electron chi connectivity index (χ3n) is 2.82. The molecule has 0 radical (unpaired) electrons. The molecule has 0 atom stereocenters. The molecule has 3 nitrogen and oxygen atoms in total. The van der Waals surface area contributed by atoms with E-state index < -0.39 is 0 Å². The number of fused-ring (bicyclic) bond motifs is 1. The molecule has 0 bridgehead atoms. The van der Waals surface area contributed by atoms with Gasteiger partial charge in [-0.3, -0.25) is 0 Å². The Morgan fingerprint density at radius 3 is 2.16 bits per heavy atom. The van der Waals surface area contributed by atoms with Gasteiger partial charge in [-0.2, -0.15) is 5.26 Å². The summed E-state index contributed by atoms with van der Waals surface area (Å²) in [5.41, 5.74) is 3.65. The topological polar surface area (TPSA) is 49.6 Å². The van der Waals surface area contributed by atoms with Gasteiger partial charge in [-0.1, -0.05) is 35.9 Å². The first-order valence-corrected chi connectivity index (χ1v) is 6.08. The predicted molar refractivity (Wildman–Crippen MR) is 74.7 cm³/mol. The summed E-state index contributed by atoms with van der Waals surface area (Å²) in [6.45, 7) is 0. The lowest BCUT2D eigenvalue weighted by Gasteiger charge is -2.05. The number of nitriles is 1. The van der Waals surface area contributed by atoms with Crippen molar-refractivity contribution in [1.29, 1.82) is 5.26 Å². The number of halogens is 1. The lowest BCUT2D eigenvalue weighted by Crippen LogP contribution is -1.91. The monoisotopic (exact) mass is 265 g/mol. The molecule has 0 amide bonds. The van der Waals surface area contributed by atoms with Gasteiger partial charge in [-0.15, -0.1) is 0 Å². The number of hydrogen-bond acceptors (Lipinski definition) is 3. The van der Waals surface area contributed by atoms with Crippen molar-refractivity contribution in [3.8, 4) is 17.3 Å². The van der Waals surface area contributed by atoms with Gasteiger partial charge < -0.3 is 0 Å². The van der Waals surface area contributed by atoms with E-state index in [1.807, 2.05) is 36.4 Å². The minimum Gasteiger partial charge on any atom is -0.243 e. The van der Waals surface area contributed by atoms with Crippen molar-refractivity contribution in [2.24, 2.45) is 0 Å². The molecular formula is C15H8ClN3. The molecule has 1 heterocycles. The van der Waals surface area contributed by atoms with E-state index in [1.165, 1.54) is 0 Å². The van der Waals surface area contributed by atoms with E-state index >= 15 is 0 Å². The molecule has 0 N–H and O–H groups in total. The van der Waals surface area contributed by atoms with Crippen molar-refractivity contribution in [3.63, 3.8) is 0 Å². The highest BCUT2D eigenvalue weighted by Crippen LogP contribution is 2.26. The van der Waals surface area contributed by atoms with E-state index in [4.69, 9.17) is 16.9 Å². The minimum absolute atomic E-state index is 0.364. The van der Waals surface area contributed by atoms with E-state index in [0.717, 1.165) is 16.6 Å². The molecule has 0 aliphatic rings. The Kier molecular flexibility index (Phi) is 2.86. The van der Waals surface area contributed by atoms with Crippen molar-refractivity contribution >= 4 is 22.6 Å². The standard InChI is InChI=1S/C15H8ClN3/c16-15-14(11-7-5-10(9-17)6-8-11)18-12-3-1-2-4-13(12)19-15/h1-8H. The average molecular weight is 266 g/mol. The molecule has 1 aromatic heterocycles. The molecule has 0 aliphatic heterocycles. The summed E-state index contributed by atoms with van der Waals surface area (Å²) in [7, 11) is 0. The number of nitrogens with zero attached hydrogens (tertiary/aromatic N) is 3. The molecule has 90 valence electrons. The number of rotatable bonds is 1. The van der Waals surface area contributed by atoms with Crippen LogP contribution in [-0.4, -0.2) is 9.97 Å². The summed E-state index contributed by atoms with van der Waals surface area (Å²) >= 11 is 6.17. The second kappa shape index (κ2) is 4.68. The van der Waals surface area contributed by atoms with Crippen molar-refractivity contribution < 1.29 is 0 Å². The zero-order valence-corrected chi connectivity index (χ0v) is 10.6. The summed E-state index contributed by atoms with van der Waals surface area (Å²) in [5.74, 6) is 0. The molecule has 3 rings (SSSR count). The van der Waals surface area contributed by atoms with Gasteiger partial charge in [-0.25, -0.2) is 9.97 Å². The van der Waals surface area contributed by atoms with Crippen LogP contribution in [0.5, 0.6) is 0 Å². The van der Waals surface area contributed by atoms with Crippen molar-refractivity contribution in [2.45, 2.75) is 0 Å². The van der Waals surface area contributed by atoms with Crippen molar-refractivity contribution in [3.05, 3.63) is 59.2 Å². The number of aromatic nitrogens is 2. The third kappa shape index (κ3) is 2.14. The summed E-state index contributed by atoms with van der Waals surface area (Å²) < 4.78 is 0. The summed E-state index contributed by atoms with van der Waals surface area (Å²) in [6, 6.07) is 16.8. The molecule has 0 saturated carbocycles. The van der Waals surface area contributed by atoms with Gasteiger partial charge in [0.15, 0.2) is 5.15 Å². The normalized spacial score (nSPS) is 10.3. The Morgan fingerprint density at radius 2 is 1.53 bits per heavy atom. The van der Waals surface area contributed by atoms with Gasteiger partial charge >= 0.3 is 0 Å². The second-order valence-electron chi connectivity index (χ2n) is 4.04. The van der Waals surface area contributed by atoms with Crippen molar-refractivity contribution in [1.82, 2.24) is 9.97 Å². The van der Waals surface area contributed by atoms with E-state index in [1.54, 1.807) is 12.1 Å². The van der Waals surface area contributed by atoms with Gasteiger partial charge in [-0.05, 0) is 24.3 Å². The minimum atomic E-state index is 0.364. The first kappa shape index (κ1) is 11.6. The molecule has 0 aliphatic carbocycles. The Morgan fingerprint density at radius 1 is 0.895 bits per heavy atom. The predicted octanol–water partition coefficient (Wildman–Crippen LogP) is 3.82. The Balaban J connectivity index is 2.18. The smallest absolute Gasteiger partial charge is 0.156 e. The van der Waals surface area contributed by atoms with E-state index in [9.17, 15) is 0 Å². The van der Waals surface area contributed by atoms with Crippen molar-refractivity contribution in [2.75, 3.05) is 0 Å². The van der Waals surface area contributed by atoms with Crippen LogP contribution in [0.1, 0.15) is 5.56 Å². The maximum atomic E-state index is 8.79. The van der Waals surface area contributed by atoms with Gasteiger partial charge in [0.25, 0.3) is 0 Å². The Labute approximate surface area is 115 Å². The zero-order chi connectivity index (χ0) is 13.2. The molecule has 0 spiro atoms. The molecule has 0 fully saturated rings. The van der Waals surface area contributed by atoms with Crippen LogP contribution in [0.4, 0.5) is 0 Å². The van der Waals surface area contributed by atoms with Gasteiger partial charge in [0, 0.05) is 5.56 Å². The molecular weight excluding hydrogens is 258 g/mol. The molecule has 2 aromatic carbocycles. The number of para-hydroxylation sites is 2. The third-order valence-corrected chi connectivity index (χ3v) is 3.08. The highest BCUT2D eigenvalue weighted by molar-refractivity contribution is 6.32. The van der Waals surface area contributed by atoms with Crippen LogP contribution in [-0.2, 0) is 0 Å². The molecule has 19 heavy (non-hydrogen) atoms. The average Bonchev–Trinajstić information content (AvgIpc) is 2.47. The first-order chi connectivity index (χ1) is 9.28. The summed E-state index contributed by atoms with van der Waals surface area (Å²) in [6.07, 6.45) is 0. The first-order valence-electron chi connectivity index (χ1n) is 5.71. The lowest BCUT2D eigenvalue weighted by atomic mass is 10.1. The second-order valence-corrected chi connectivity index (χ2v) is 4.40. The number of hydrogen-bond donors (Lipinski definition) is 0. The summed E-state index contributed by atoms with van der Waals surface area (Å²) in [4.78, 5) is 8.86. The fourth-order valence-electron chi connectivity index (χ4n) is 1.86. The molecule has 0 unspecified atom stereocenters. The van der Waals surface area contributed by atoms with Crippen LogP contribution in [0, 0.1) is 11.3 Å². The fourth-order valence-corrected chi connectivity index (χ4v) is 2.11. The van der Waals surface area contributed by atoms with E-state index in [0.29, 0.717) is 16.4 Å². The van der Waals surface area contributed by atoms with E-state index in [-0.39, 0.29) is 0 Å². The fraction of sp³-hybridized carbons (Fsp3) is 0.